The van der Waals surface area contributed by atoms with Crippen LogP contribution in [0.25, 0.3) is 0 Å². The van der Waals surface area contributed by atoms with Gasteiger partial charge in [0.2, 0.25) is 0 Å². The van der Waals surface area contributed by atoms with E-state index < -0.39 is 0 Å². The number of nitrogens with one attached hydrogen (secondary N) is 1. The van der Waals surface area contributed by atoms with Gasteiger partial charge >= 0.3 is 0 Å². The average molecular weight is 262 g/mol. The predicted molar refractivity (Wildman–Crippen MR) is 72.1 cm³/mol. The molecule has 19 heavy (non-hydrogen) atoms. The van der Waals surface area contributed by atoms with Crippen LogP contribution in [-0.4, -0.2) is 31.0 Å². The summed E-state index contributed by atoms with van der Waals surface area (Å²) >= 11 is 0. The third-order valence-electron chi connectivity index (χ3n) is 2.71. The van der Waals surface area contributed by atoms with Crippen molar-refractivity contribution in [3.8, 4) is 17.2 Å². The molecule has 1 N–H and O–H groups in total. The first-order chi connectivity index (χ1) is 9.21. The second-order valence-corrected chi connectivity index (χ2v) is 4.19. The molecule has 1 aromatic heterocycles. The van der Waals surface area contributed by atoms with Gasteiger partial charge in [-0.2, -0.15) is 5.10 Å². The molecular weight excluding hydrogens is 244 g/mol. The van der Waals surface area contributed by atoms with E-state index in [0.717, 1.165) is 23.6 Å². The largest absolute Gasteiger partial charge is 0.496 e. The number of hydrogen-bond acceptors (Lipinski definition) is 4. The molecule has 0 spiro atoms. The lowest BCUT2D eigenvalue weighted by molar-refractivity contribution is 0.313. The summed E-state index contributed by atoms with van der Waals surface area (Å²) in [6, 6.07) is 7.48. The van der Waals surface area contributed by atoms with Crippen LogP contribution in [0, 0.1) is 6.92 Å². The van der Waals surface area contributed by atoms with Crippen molar-refractivity contribution in [3.05, 3.63) is 35.7 Å². The van der Waals surface area contributed by atoms with Crippen LogP contribution in [0.5, 0.6) is 17.2 Å². The van der Waals surface area contributed by atoms with Gasteiger partial charge in [-0.05, 0) is 13.0 Å². The molecule has 0 amide bonds. The summed E-state index contributed by atoms with van der Waals surface area (Å²) in [6.07, 6.45) is 0.754. The summed E-state index contributed by atoms with van der Waals surface area (Å²) in [7, 11) is 3.23. The van der Waals surface area contributed by atoms with Gasteiger partial charge in [0, 0.05) is 30.3 Å². The van der Waals surface area contributed by atoms with Gasteiger partial charge in [0.05, 0.1) is 26.5 Å². The number of benzene rings is 1. The Morgan fingerprint density at radius 3 is 2.16 bits per heavy atom. The first kappa shape index (κ1) is 13.3. The van der Waals surface area contributed by atoms with E-state index in [4.69, 9.17) is 14.2 Å². The number of aryl methyl sites for hydroxylation is 1. The Balaban J connectivity index is 1.95. The second kappa shape index (κ2) is 6.13. The highest BCUT2D eigenvalue weighted by atomic mass is 16.5. The van der Waals surface area contributed by atoms with Gasteiger partial charge in [0.15, 0.2) is 0 Å². The van der Waals surface area contributed by atoms with Gasteiger partial charge in [0.25, 0.3) is 0 Å². The zero-order valence-corrected chi connectivity index (χ0v) is 11.4. The van der Waals surface area contributed by atoms with Crippen molar-refractivity contribution in [2.75, 3.05) is 20.8 Å². The van der Waals surface area contributed by atoms with E-state index in [1.807, 2.05) is 31.2 Å². The Kier molecular flexibility index (Phi) is 4.28. The first-order valence-electron chi connectivity index (χ1n) is 6.08. The predicted octanol–water partition coefficient (Wildman–Crippen LogP) is 2.36. The standard InChI is InChI=1S/C14H18N2O3/c1-10-6-11(16-15-10)4-5-19-14-8-12(17-2)7-13(9-14)18-3/h6-9H,4-5H2,1-3H3,(H,15,16). The maximum atomic E-state index is 5.69. The molecule has 0 aliphatic heterocycles. The maximum absolute atomic E-state index is 5.69. The molecule has 2 aromatic rings. The first-order valence-corrected chi connectivity index (χ1v) is 6.08. The van der Waals surface area contributed by atoms with E-state index >= 15 is 0 Å². The van der Waals surface area contributed by atoms with Gasteiger partial charge in [0.1, 0.15) is 17.2 Å². The molecule has 102 valence electrons. The van der Waals surface area contributed by atoms with Gasteiger partial charge in [-0.1, -0.05) is 0 Å². The maximum Gasteiger partial charge on any atom is 0.126 e. The number of methoxy groups -OCH3 is 2. The zero-order valence-electron chi connectivity index (χ0n) is 11.4. The summed E-state index contributed by atoms with van der Waals surface area (Å²) in [6.45, 7) is 2.53. The third kappa shape index (κ3) is 3.64. The number of hydrogen-bond donors (Lipinski definition) is 1. The minimum absolute atomic E-state index is 0.556. The fourth-order valence-electron chi connectivity index (χ4n) is 1.74. The SMILES string of the molecule is COc1cc(OC)cc(OCCc2cc(C)[nH]n2)c1. The van der Waals surface area contributed by atoms with Crippen LogP contribution in [0.4, 0.5) is 0 Å². The van der Waals surface area contributed by atoms with Crippen molar-refractivity contribution >= 4 is 0 Å². The van der Waals surface area contributed by atoms with Gasteiger partial charge in [-0.15, -0.1) is 0 Å². The Bertz CT molecular complexity index is 515. The fourth-order valence-corrected chi connectivity index (χ4v) is 1.74. The number of rotatable bonds is 6. The van der Waals surface area contributed by atoms with Gasteiger partial charge in [-0.25, -0.2) is 0 Å². The van der Waals surface area contributed by atoms with E-state index in [1.54, 1.807) is 14.2 Å². The Morgan fingerprint density at radius 2 is 1.63 bits per heavy atom. The molecule has 0 saturated heterocycles. The summed E-state index contributed by atoms with van der Waals surface area (Å²) in [4.78, 5) is 0. The quantitative estimate of drug-likeness (QED) is 0.868. The lowest BCUT2D eigenvalue weighted by Crippen LogP contribution is -2.02. The molecule has 0 unspecified atom stereocenters. The van der Waals surface area contributed by atoms with E-state index in [0.29, 0.717) is 18.1 Å². The lowest BCUT2D eigenvalue weighted by Gasteiger charge is -2.09. The summed E-state index contributed by atoms with van der Waals surface area (Å²) < 4.78 is 16.1. The van der Waals surface area contributed by atoms with Crippen LogP contribution >= 0.6 is 0 Å². The van der Waals surface area contributed by atoms with Crippen LogP contribution in [0.15, 0.2) is 24.3 Å². The molecule has 5 heteroatoms. The normalized spacial score (nSPS) is 10.3. The Morgan fingerprint density at radius 1 is 1.00 bits per heavy atom. The Labute approximate surface area is 112 Å². The molecule has 0 bridgehead atoms. The summed E-state index contributed by atoms with van der Waals surface area (Å²) in [5.41, 5.74) is 2.05. The van der Waals surface area contributed by atoms with Crippen molar-refractivity contribution in [2.45, 2.75) is 13.3 Å². The smallest absolute Gasteiger partial charge is 0.126 e. The fraction of sp³-hybridized carbons (Fsp3) is 0.357. The van der Waals surface area contributed by atoms with E-state index in [9.17, 15) is 0 Å². The number of ether oxygens (including phenoxy) is 3. The topological polar surface area (TPSA) is 56.4 Å². The van der Waals surface area contributed by atoms with Crippen LogP contribution < -0.4 is 14.2 Å². The molecule has 1 heterocycles. The molecule has 1 aromatic carbocycles. The van der Waals surface area contributed by atoms with E-state index in [1.165, 1.54) is 0 Å². The van der Waals surface area contributed by atoms with Crippen LogP contribution in [0.3, 0.4) is 0 Å². The van der Waals surface area contributed by atoms with Gasteiger partial charge < -0.3 is 14.2 Å². The average Bonchev–Trinajstić information content (AvgIpc) is 2.84. The van der Waals surface area contributed by atoms with Crippen molar-refractivity contribution in [1.29, 1.82) is 0 Å². The number of H-pyrrole nitrogens is 1. The van der Waals surface area contributed by atoms with Crippen molar-refractivity contribution in [3.63, 3.8) is 0 Å². The molecule has 0 fully saturated rings. The highest BCUT2D eigenvalue weighted by Crippen LogP contribution is 2.27. The second-order valence-electron chi connectivity index (χ2n) is 4.19. The molecule has 0 saturated carbocycles. The Hall–Kier alpha value is -2.17. The molecule has 0 radical (unpaired) electrons. The van der Waals surface area contributed by atoms with Crippen molar-refractivity contribution in [2.24, 2.45) is 0 Å². The van der Waals surface area contributed by atoms with E-state index in [2.05, 4.69) is 10.2 Å². The summed E-state index contributed by atoms with van der Waals surface area (Å²) in [5.74, 6) is 2.15. The highest BCUT2D eigenvalue weighted by molar-refractivity contribution is 5.42. The lowest BCUT2D eigenvalue weighted by atomic mass is 10.3. The molecule has 0 aliphatic carbocycles. The minimum Gasteiger partial charge on any atom is -0.496 e. The van der Waals surface area contributed by atoms with Crippen LogP contribution in [0.1, 0.15) is 11.4 Å². The number of aromatic amines is 1. The van der Waals surface area contributed by atoms with Gasteiger partial charge in [-0.3, -0.25) is 5.10 Å². The molecule has 0 aliphatic rings. The van der Waals surface area contributed by atoms with E-state index in [-0.39, 0.29) is 0 Å². The molecule has 5 nitrogen and oxygen atoms in total. The molecular formula is C14H18N2O3. The number of nitrogens with zero attached hydrogens (tertiary/aromatic N) is 1. The highest BCUT2D eigenvalue weighted by Gasteiger charge is 2.04. The van der Waals surface area contributed by atoms with Crippen LogP contribution in [-0.2, 0) is 6.42 Å². The molecule has 2 rings (SSSR count). The number of aromatic nitrogens is 2. The minimum atomic E-state index is 0.556. The van der Waals surface area contributed by atoms with Crippen LogP contribution in [0.2, 0.25) is 0 Å². The van der Waals surface area contributed by atoms with Crippen molar-refractivity contribution in [1.82, 2.24) is 10.2 Å². The van der Waals surface area contributed by atoms with Crippen molar-refractivity contribution < 1.29 is 14.2 Å². The zero-order chi connectivity index (χ0) is 13.7. The monoisotopic (exact) mass is 262 g/mol. The third-order valence-corrected chi connectivity index (χ3v) is 2.71. The molecule has 0 atom stereocenters. The summed E-state index contributed by atoms with van der Waals surface area (Å²) in [5, 5.41) is 7.07.